The number of likely N-dealkylation sites (N-methyl/N-ethyl adjacent to an activating group) is 1. The second-order valence-electron chi connectivity index (χ2n) is 6.56. The Balaban J connectivity index is 1.90. The largest absolute Gasteiger partial charge is 0.417 e. The molecule has 1 fully saturated rings. The van der Waals surface area contributed by atoms with Crippen molar-refractivity contribution >= 4 is 17.7 Å². The molecule has 2 aromatic rings. The quantitative estimate of drug-likeness (QED) is 0.707. The summed E-state index contributed by atoms with van der Waals surface area (Å²) in [5, 5.41) is 9.24. The standard InChI is InChI=1S/C19H18F3N5OS/c1-26-5-7-27(8-6-26)17(28)12-29-18-14(10-23)15(19(20,21)22)9-16(25-18)13-3-2-4-24-11-13/h2-4,9,11H,5-8,12H2,1H3. The minimum atomic E-state index is -4.72. The van der Waals surface area contributed by atoms with E-state index in [0.29, 0.717) is 18.7 Å². The zero-order chi connectivity index (χ0) is 21.0. The van der Waals surface area contributed by atoms with Gasteiger partial charge in [-0.1, -0.05) is 11.8 Å². The molecule has 1 saturated heterocycles. The van der Waals surface area contributed by atoms with Crippen LogP contribution in [0, 0.1) is 11.3 Å². The van der Waals surface area contributed by atoms with Crippen molar-refractivity contribution in [2.24, 2.45) is 0 Å². The van der Waals surface area contributed by atoms with E-state index in [0.717, 1.165) is 30.9 Å². The van der Waals surface area contributed by atoms with Crippen LogP contribution in [0.4, 0.5) is 13.2 Å². The van der Waals surface area contributed by atoms with Gasteiger partial charge in [0.1, 0.15) is 11.1 Å². The lowest BCUT2D eigenvalue weighted by molar-refractivity contribution is -0.138. The van der Waals surface area contributed by atoms with Gasteiger partial charge < -0.3 is 9.80 Å². The third-order valence-corrected chi connectivity index (χ3v) is 5.51. The number of nitriles is 1. The Kier molecular flexibility index (Phi) is 6.39. The van der Waals surface area contributed by atoms with E-state index in [1.54, 1.807) is 23.1 Å². The molecule has 0 bridgehead atoms. The first-order valence-corrected chi connectivity index (χ1v) is 9.80. The first-order chi connectivity index (χ1) is 13.8. The molecule has 6 nitrogen and oxygen atoms in total. The molecular weight excluding hydrogens is 403 g/mol. The fourth-order valence-electron chi connectivity index (χ4n) is 2.90. The fourth-order valence-corrected chi connectivity index (χ4v) is 3.80. The summed E-state index contributed by atoms with van der Waals surface area (Å²) < 4.78 is 40.7. The van der Waals surface area contributed by atoms with Gasteiger partial charge in [0.05, 0.1) is 22.6 Å². The molecule has 0 radical (unpaired) electrons. The number of carbonyl (C=O) groups is 1. The van der Waals surface area contributed by atoms with Crippen molar-refractivity contribution in [2.75, 3.05) is 39.0 Å². The average Bonchev–Trinajstić information content (AvgIpc) is 2.71. The molecule has 29 heavy (non-hydrogen) atoms. The maximum Gasteiger partial charge on any atom is 0.417 e. The van der Waals surface area contributed by atoms with E-state index in [1.807, 2.05) is 7.05 Å². The third kappa shape index (κ3) is 5.05. The minimum Gasteiger partial charge on any atom is -0.339 e. The van der Waals surface area contributed by atoms with E-state index in [-0.39, 0.29) is 22.4 Å². The van der Waals surface area contributed by atoms with Gasteiger partial charge in [0.2, 0.25) is 5.91 Å². The number of pyridine rings is 2. The van der Waals surface area contributed by atoms with Gasteiger partial charge >= 0.3 is 6.18 Å². The SMILES string of the molecule is CN1CCN(C(=O)CSc2nc(-c3cccnc3)cc(C(F)(F)F)c2C#N)CC1. The number of aromatic nitrogens is 2. The van der Waals surface area contributed by atoms with Gasteiger partial charge in [-0.25, -0.2) is 4.98 Å². The Labute approximate surface area is 170 Å². The third-order valence-electron chi connectivity index (χ3n) is 4.55. The minimum absolute atomic E-state index is 0.0546. The molecule has 10 heteroatoms. The second-order valence-corrected chi connectivity index (χ2v) is 7.52. The maximum absolute atomic E-state index is 13.6. The number of piperazine rings is 1. The van der Waals surface area contributed by atoms with Crippen LogP contribution in [0.1, 0.15) is 11.1 Å². The first kappa shape index (κ1) is 21.1. The van der Waals surface area contributed by atoms with E-state index in [9.17, 15) is 23.2 Å². The molecule has 0 N–H and O–H groups in total. The Morgan fingerprint density at radius 3 is 2.62 bits per heavy atom. The highest BCUT2D eigenvalue weighted by Gasteiger charge is 2.36. The van der Waals surface area contributed by atoms with Crippen LogP contribution in [0.2, 0.25) is 0 Å². The monoisotopic (exact) mass is 421 g/mol. The van der Waals surface area contributed by atoms with Gasteiger partial charge in [0.15, 0.2) is 0 Å². The van der Waals surface area contributed by atoms with E-state index in [4.69, 9.17) is 0 Å². The molecule has 2 aromatic heterocycles. The van der Waals surface area contributed by atoms with Crippen LogP contribution >= 0.6 is 11.8 Å². The van der Waals surface area contributed by atoms with Gasteiger partial charge in [-0.3, -0.25) is 9.78 Å². The predicted molar refractivity (Wildman–Crippen MR) is 102 cm³/mol. The van der Waals surface area contributed by atoms with Gasteiger partial charge in [0, 0.05) is 44.1 Å². The first-order valence-electron chi connectivity index (χ1n) is 8.81. The number of halogens is 3. The summed E-state index contributed by atoms with van der Waals surface area (Å²) in [6.45, 7) is 2.62. The highest BCUT2D eigenvalue weighted by Crippen LogP contribution is 2.37. The number of alkyl halides is 3. The van der Waals surface area contributed by atoms with Crippen LogP contribution in [0.15, 0.2) is 35.6 Å². The number of carbonyl (C=O) groups excluding carboxylic acids is 1. The fraction of sp³-hybridized carbons (Fsp3) is 0.368. The van der Waals surface area contributed by atoms with Gasteiger partial charge in [0.25, 0.3) is 0 Å². The van der Waals surface area contributed by atoms with Gasteiger partial charge in [-0.05, 0) is 25.2 Å². The summed E-state index contributed by atoms with van der Waals surface area (Å²) in [5.41, 5.74) is -1.18. The van der Waals surface area contributed by atoms with Crippen LogP contribution in [0.5, 0.6) is 0 Å². The topological polar surface area (TPSA) is 73.1 Å². The molecule has 1 aliphatic heterocycles. The lowest BCUT2D eigenvalue weighted by Gasteiger charge is -2.32. The number of thioether (sulfide) groups is 1. The van der Waals surface area contributed by atoms with Crippen LogP contribution < -0.4 is 0 Å². The number of rotatable bonds is 4. The van der Waals surface area contributed by atoms with Crippen molar-refractivity contribution in [3.05, 3.63) is 41.7 Å². The van der Waals surface area contributed by atoms with Crippen LogP contribution in [0.3, 0.4) is 0 Å². The maximum atomic E-state index is 13.6. The molecule has 3 rings (SSSR count). The van der Waals surface area contributed by atoms with E-state index in [1.165, 1.54) is 12.4 Å². The summed E-state index contributed by atoms with van der Waals surface area (Å²) in [6.07, 6.45) is -1.82. The number of amides is 1. The van der Waals surface area contributed by atoms with Gasteiger partial charge in [-0.2, -0.15) is 18.4 Å². The van der Waals surface area contributed by atoms with E-state index >= 15 is 0 Å². The lowest BCUT2D eigenvalue weighted by atomic mass is 10.1. The number of nitrogens with zero attached hydrogens (tertiary/aromatic N) is 5. The van der Waals surface area contributed by atoms with Crippen LogP contribution in [0.25, 0.3) is 11.3 Å². The second kappa shape index (κ2) is 8.80. The summed E-state index contributed by atoms with van der Waals surface area (Å²) >= 11 is 0.854. The lowest BCUT2D eigenvalue weighted by Crippen LogP contribution is -2.47. The molecule has 0 spiro atoms. The zero-order valence-corrected chi connectivity index (χ0v) is 16.4. The van der Waals surface area contributed by atoms with Crippen molar-refractivity contribution in [2.45, 2.75) is 11.2 Å². The summed E-state index contributed by atoms with van der Waals surface area (Å²) in [6, 6.07) is 5.64. The molecule has 0 unspecified atom stereocenters. The molecule has 0 atom stereocenters. The molecule has 0 aromatic carbocycles. The van der Waals surface area contributed by atoms with E-state index in [2.05, 4.69) is 14.9 Å². The Morgan fingerprint density at radius 2 is 2.03 bits per heavy atom. The van der Waals surface area contributed by atoms with Crippen molar-refractivity contribution in [1.82, 2.24) is 19.8 Å². The molecule has 0 saturated carbocycles. The van der Waals surface area contributed by atoms with Crippen molar-refractivity contribution in [3.63, 3.8) is 0 Å². The smallest absolute Gasteiger partial charge is 0.339 e. The summed E-state index contributed by atoms with van der Waals surface area (Å²) in [5.74, 6) is -0.270. The molecule has 0 aliphatic carbocycles. The van der Waals surface area contributed by atoms with Crippen LogP contribution in [-0.4, -0.2) is 64.7 Å². The van der Waals surface area contributed by atoms with Crippen molar-refractivity contribution < 1.29 is 18.0 Å². The highest BCUT2D eigenvalue weighted by atomic mass is 32.2. The Hall–Kier alpha value is -2.64. The zero-order valence-electron chi connectivity index (χ0n) is 15.6. The Bertz CT molecular complexity index is 922. The Morgan fingerprint density at radius 1 is 1.31 bits per heavy atom. The molecule has 1 amide bonds. The van der Waals surface area contributed by atoms with Gasteiger partial charge in [-0.15, -0.1) is 0 Å². The van der Waals surface area contributed by atoms with E-state index < -0.39 is 17.3 Å². The van der Waals surface area contributed by atoms with Crippen molar-refractivity contribution in [3.8, 4) is 17.3 Å². The average molecular weight is 421 g/mol. The molecule has 152 valence electrons. The highest BCUT2D eigenvalue weighted by molar-refractivity contribution is 8.00. The number of hydrogen-bond donors (Lipinski definition) is 0. The molecular formula is C19H18F3N5OS. The molecule has 3 heterocycles. The number of hydrogen-bond acceptors (Lipinski definition) is 6. The molecule has 1 aliphatic rings. The summed E-state index contributed by atoms with van der Waals surface area (Å²) in [7, 11) is 1.96. The summed E-state index contributed by atoms with van der Waals surface area (Å²) in [4.78, 5) is 24.4. The predicted octanol–water partition coefficient (Wildman–Crippen LogP) is 2.90. The normalized spacial score (nSPS) is 15.2. The van der Waals surface area contributed by atoms with Crippen molar-refractivity contribution in [1.29, 1.82) is 5.26 Å². The van der Waals surface area contributed by atoms with Crippen LogP contribution in [-0.2, 0) is 11.0 Å².